The van der Waals surface area contributed by atoms with E-state index in [2.05, 4.69) is 15.1 Å². The third-order valence-electron chi connectivity index (χ3n) is 5.40. The Morgan fingerprint density at radius 3 is 2.75 bits per heavy atom. The van der Waals surface area contributed by atoms with E-state index in [0.29, 0.717) is 17.2 Å². The fraction of sp³-hybridized carbons (Fsp3) is 0.933. The molecule has 0 aromatic rings. The number of hydrogen-bond donors (Lipinski definition) is 2. The fourth-order valence-corrected chi connectivity index (χ4v) is 3.95. The van der Waals surface area contributed by atoms with Crippen LogP contribution >= 0.6 is 0 Å². The molecule has 2 aliphatic heterocycles. The van der Waals surface area contributed by atoms with Gasteiger partial charge < -0.3 is 15.3 Å². The van der Waals surface area contributed by atoms with E-state index in [-0.39, 0.29) is 6.61 Å². The first kappa shape index (κ1) is 14.3. The molecule has 1 spiro atoms. The Bertz CT molecular complexity index is 355. The summed E-state index contributed by atoms with van der Waals surface area (Å²) in [5, 5.41) is 12.4. The van der Waals surface area contributed by atoms with E-state index in [9.17, 15) is 4.79 Å². The number of carbonyl (C=O) groups excluding carboxylic acids is 1. The van der Waals surface area contributed by atoms with Crippen molar-refractivity contribution in [3.05, 3.63) is 0 Å². The van der Waals surface area contributed by atoms with Crippen LogP contribution in [-0.4, -0.2) is 73.2 Å². The molecule has 0 aromatic carbocycles. The van der Waals surface area contributed by atoms with Crippen molar-refractivity contribution in [2.75, 3.05) is 52.4 Å². The molecule has 0 aromatic heterocycles. The molecule has 0 radical (unpaired) electrons. The minimum absolute atomic E-state index is 0.215. The van der Waals surface area contributed by atoms with Crippen molar-refractivity contribution >= 4 is 5.91 Å². The number of carbonyl (C=O) groups is 1. The van der Waals surface area contributed by atoms with Crippen LogP contribution in [0.1, 0.15) is 25.7 Å². The molecule has 3 aliphatic rings. The maximum atomic E-state index is 12.7. The Labute approximate surface area is 121 Å². The predicted molar refractivity (Wildman–Crippen MR) is 77.4 cm³/mol. The molecule has 3 fully saturated rings. The molecule has 2 heterocycles. The number of aliphatic hydroxyl groups is 1. The average Bonchev–Trinajstić information content (AvgIpc) is 3.20. The van der Waals surface area contributed by atoms with Gasteiger partial charge in [-0.3, -0.25) is 9.69 Å². The molecule has 1 unspecified atom stereocenters. The van der Waals surface area contributed by atoms with Crippen molar-refractivity contribution in [2.24, 2.45) is 11.3 Å². The van der Waals surface area contributed by atoms with Gasteiger partial charge in [0.15, 0.2) is 0 Å². The van der Waals surface area contributed by atoms with E-state index in [1.165, 1.54) is 12.8 Å². The zero-order chi connectivity index (χ0) is 14.0. The highest BCUT2D eigenvalue weighted by molar-refractivity contribution is 5.82. The molecule has 114 valence electrons. The summed E-state index contributed by atoms with van der Waals surface area (Å²) in [4.78, 5) is 17.0. The number of piperidine rings is 1. The SMILES string of the molecule is O=C(C1CC12CCNCC2)N1CCCN(CCO)CC1. The van der Waals surface area contributed by atoms with Crippen LogP contribution in [0.5, 0.6) is 0 Å². The summed E-state index contributed by atoms with van der Waals surface area (Å²) in [7, 11) is 0. The Hall–Kier alpha value is -0.650. The lowest BCUT2D eigenvalue weighted by atomic mass is 9.91. The predicted octanol–water partition coefficient (Wildman–Crippen LogP) is -0.0973. The third-order valence-corrected chi connectivity index (χ3v) is 5.40. The number of hydrogen-bond acceptors (Lipinski definition) is 4. The Morgan fingerprint density at radius 1 is 1.20 bits per heavy atom. The maximum Gasteiger partial charge on any atom is 0.226 e. The van der Waals surface area contributed by atoms with Crippen LogP contribution in [0.25, 0.3) is 0 Å². The van der Waals surface area contributed by atoms with E-state index >= 15 is 0 Å². The molecule has 1 saturated carbocycles. The standard InChI is InChI=1S/C15H27N3O2/c19-11-10-17-6-1-7-18(9-8-17)14(20)13-12-15(13)2-4-16-5-3-15/h13,16,19H,1-12H2. The minimum Gasteiger partial charge on any atom is -0.395 e. The molecular formula is C15H27N3O2. The van der Waals surface area contributed by atoms with Crippen LogP contribution in [-0.2, 0) is 4.79 Å². The summed E-state index contributed by atoms with van der Waals surface area (Å²) >= 11 is 0. The van der Waals surface area contributed by atoms with Crippen LogP contribution in [0.15, 0.2) is 0 Å². The van der Waals surface area contributed by atoms with Gasteiger partial charge in [0.2, 0.25) is 5.91 Å². The number of rotatable bonds is 3. The summed E-state index contributed by atoms with van der Waals surface area (Å²) in [6, 6.07) is 0. The molecule has 1 aliphatic carbocycles. The van der Waals surface area contributed by atoms with E-state index in [1.807, 2.05) is 0 Å². The second-order valence-corrected chi connectivity index (χ2v) is 6.61. The van der Waals surface area contributed by atoms with Crippen molar-refractivity contribution < 1.29 is 9.90 Å². The molecule has 20 heavy (non-hydrogen) atoms. The monoisotopic (exact) mass is 281 g/mol. The van der Waals surface area contributed by atoms with Gasteiger partial charge in [0, 0.05) is 32.1 Å². The zero-order valence-corrected chi connectivity index (χ0v) is 12.3. The molecule has 5 nitrogen and oxygen atoms in total. The van der Waals surface area contributed by atoms with Gasteiger partial charge in [-0.15, -0.1) is 0 Å². The Balaban J connectivity index is 1.53. The van der Waals surface area contributed by atoms with Crippen LogP contribution < -0.4 is 5.32 Å². The van der Waals surface area contributed by atoms with E-state index in [0.717, 1.165) is 58.7 Å². The largest absolute Gasteiger partial charge is 0.395 e. The van der Waals surface area contributed by atoms with Gasteiger partial charge in [-0.1, -0.05) is 0 Å². The number of amides is 1. The molecule has 2 N–H and O–H groups in total. The highest BCUT2D eigenvalue weighted by Crippen LogP contribution is 2.59. The summed E-state index contributed by atoms with van der Waals surface area (Å²) in [5.41, 5.74) is 0.347. The van der Waals surface area contributed by atoms with Crippen molar-refractivity contribution in [3.8, 4) is 0 Å². The molecule has 1 atom stereocenters. The summed E-state index contributed by atoms with van der Waals surface area (Å²) in [6.07, 6.45) is 4.50. The molecule has 1 amide bonds. The van der Waals surface area contributed by atoms with Crippen LogP contribution in [0.4, 0.5) is 0 Å². The van der Waals surface area contributed by atoms with Crippen LogP contribution in [0.2, 0.25) is 0 Å². The fourth-order valence-electron chi connectivity index (χ4n) is 3.95. The highest BCUT2D eigenvalue weighted by atomic mass is 16.3. The molecule has 2 saturated heterocycles. The first-order valence-electron chi connectivity index (χ1n) is 8.08. The lowest BCUT2D eigenvalue weighted by Crippen LogP contribution is -2.39. The van der Waals surface area contributed by atoms with Gasteiger partial charge in [0.05, 0.1) is 6.61 Å². The summed E-state index contributed by atoms with van der Waals surface area (Å²) < 4.78 is 0. The van der Waals surface area contributed by atoms with Gasteiger partial charge in [-0.25, -0.2) is 0 Å². The number of aliphatic hydroxyl groups excluding tert-OH is 1. The third kappa shape index (κ3) is 2.85. The lowest BCUT2D eigenvalue weighted by molar-refractivity contribution is -0.133. The second-order valence-electron chi connectivity index (χ2n) is 6.61. The summed E-state index contributed by atoms with van der Waals surface area (Å²) in [5.74, 6) is 0.701. The molecular weight excluding hydrogens is 254 g/mol. The Kier molecular flexibility index (Phi) is 4.29. The number of nitrogens with one attached hydrogen (secondary N) is 1. The van der Waals surface area contributed by atoms with E-state index in [1.54, 1.807) is 0 Å². The minimum atomic E-state index is 0.215. The zero-order valence-electron chi connectivity index (χ0n) is 12.3. The molecule has 5 heteroatoms. The van der Waals surface area contributed by atoms with Gasteiger partial charge in [-0.05, 0) is 50.7 Å². The first-order valence-corrected chi connectivity index (χ1v) is 8.08. The molecule has 0 bridgehead atoms. The van der Waals surface area contributed by atoms with E-state index in [4.69, 9.17) is 5.11 Å². The van der Waals surface area contributed by atoms with Gasteiger partial charge in [-0.2, -0.15) is 0 Å². The molecule has 3 rings (SSSR count). The van der Waals surface area contributed by atoms with Gasteiger partial charge in [0.1, 0.15) is 0 Å². The maximum absolute atomic E-state index is 12.7. The smallest absolute Gasteiger partial charge is 0.226 e. The topological polar surface area (TPSA) is 55.8 Å². The van der Waals surface area contributed by atoms with Crippen molar-refractivity contribution in [1.82, 2.24) is 15.1 Å². The average molecular weight is 281 g/mol. The Morgan fingerprint density at radius 2 is 2.00 bits per heavy atom. The van der Waals surface area contributed by atoms with Crippen molar-refractivity contribution in [3.63, 3.8) is 0 Å². The normalized spacial score (nSPS) is 30.2. The number of nitrogens with zero attached hydrogens (tertiary/aromatic N) is 2. The van der Waals surface area contributed by atoms with Gasteiger partial charge >= 0.3 is 0 Å². The van der Waals surface area contributed by atoms with Crippen molar-refractivity contribution in [1.29, 1.82) is 0 Å². The highest BCUT2D eigenvalue weighted by Gasteiger charge is 2.58. The van der Waals surface area contributed by atoms with Gasteiger partial charge in [0.25, 0.3) is 0 Å². The second kappa shape index (κ2) is 6.00. The van der Waals surface area contributed by atoms with Crippen molar-refractivity contribution in [2.45, 2.75) is 25.7 Å². The summed E-state index contributed by atoms with van der Waals surface area (Å²) in [6.45, 7) is 6.75. The van der Waals surface area contributed by atoms with Crippen LogP contribution in [0, 0.1) is 11.3 Å². The number of β-amino-alcohol motifs (C(OH)–C–C–N with tert-alkyl or cyclic N) is 1. The van der Waals surface area contributed by atoms with E-state index < -0.39 is 0 Å². The first-order chi connectivity index (χ1) is 9.75. The quantitative estimate of drug-likeness (QED) is 0.759. The lowest BCUT2D eigenvalue weighted by Gasteiger charge is -2.26. The van der Waals surface area contributed by atoms with Crippen LogP contribution in [0.3, 0.4) is 0 Å².